The number of hydrogen-bond acceptors (Lipinski definition) is 9. The summed E-state index contributed by atoms with van der Waals surface area (Å²) in [7, 11) is 0. The highest BCUT2D eigenvalue weighted by molar-refractivity contribution is 5.91. The molecule has 1 saturated heterocycles. The number of nitrogens with zero attached hydrogens (tertiary/aromatic N) is 1. The Balaban J connectivity index is 1.55. The largest absolute Gasteiger partial charge is 0.456 e. The molecule has 2 aliphatic rings. The summed E-state index contributed by atoms with van der Waals surface area (Å²) in [5.74, 6) is -2.12. The van der Waals surface area contributed by atoms with Gasteiger partial charge in [-0.05, 0) is 56.3 Å². The molecule has 11 nitrogen and oxygen atoms in total. The summed E-state index contributed by atoms with van der Waals surface area (Å²) in [6.45, 7) is 3.07. The number of hydrogen-bond donors (Lipinski definition) is 2. The van der Waals surface area contributed by atoms with Gasteiger partial charge in [0.1, 0.15) is 12.2 Å². The van der Waals surface area contributed by atoms with Gasteiger partial charge >= 0.3 is 23.9 Å². The Morgan fingerprint density at radius 1 is 0.860 bits per heavy atom. The molecule has 1 fully saturated rings. The molecule has 2 unspecified atom stereocenters. The van der Waals surface area contributed by atoms with E-state index in [1.165, 1.54) is 19.2 Å². The molecule has 3 aromatic rings. The molecule has 2 heterocycles. The molecular weight excluding hydrogens is 554 g/mol. The zero-order valence-corrected chi connectivity index (χ0v) is 23.5. The van der Waals surface area contributed by atoms with Crippen molar-refractivity contribution in [3.05, 3.63) is 120 Å². The molecule has 0 aromatic heterocycles. The summed E-state index contributed by atoms with van der Waals surface area (Å²) in [5, 5.41) is 2.57. The van der Waals surface area contributed by atoms with Gasteiger partial charge in [-0.1, -0.05) is 54.6 Å². The summed E-state index contributed by atoms with van der Waals surface area (Å²) < 4.78 is 24.2. The van der Waals surface area contributed by atoms with Gasteiger partial charge in [-0.15, -0.1) is 0 Å². The van der Waals surface area contributed by atoms with E-state index < -0.39 is 60.2 Å². The zero-order chi connectivity index (χ0) is 30.6. The number of nitrogens with two attached hydrogens (primary N) is 1. The van der Waals surface area contributed by atoms with E-state index in [-0.39, 0.29) is 11.1 Å². The standard InChI is InChI=1S/C32H31N3O8/c1-20(40-27(36)21-12-6-3-7-13-21)25-26(42-28(37)22-14-8-4-9-15-22)32(2,43-29(38)23-16-10-5-11-17-23)30(41-25)35-19-18-24(33)34-31(35)39/h3-20,24-26,30H,33H2,1-2H3,(H,34,39)/t20?,24?,25-,26-,30-,32-/m1/s1. The van der Waals surface area contributed by atoms with Crippen molar-refractivity contribution >= 4 is 23.9 Å². The highest BCUT2D eigenvalue weighted by Gasteiger charge is 2.63. The monoisotopic (exact) mass is 585 g/mol. The fourth-order valence-electron chi connectivity index (χ4n) is 4.98. The van der Waals surface area contributed by atoms with Crippen molar-refractivity contribution in [2.45, 2.75) is 50.2 Å². The number of rotatable bonds is 8. The predicted molar refractivity (Wildman–Crippen MR) is 153 cm³/mol. The summed E-state index contributed by atoms with van der Waals surface area (Å²) in [6.07, 6.45) is -2.69. The fourth-order valence-corrected chi connectivity index (χ4v) is 4.98. The Labute approximate surface area is 248 Å². The Morgan fingerprint density at radius 2 is 1.37 bits per heavy atom. The van der Waals surface area contributed by atoms with Gasteiger partial charge in [0.2, 0.25) is 0 Å². The van der Waals surface area contributed by atoms with Gasteiger partial charge in [-0.25, -0.2) is 19.2 Å². The molecule has 0 aliphatic carbocycles. The van der Waals surface area contributed by atoms with Crippen LogP contribution in [0.3, 0.4) is 0 Å². The van der Waals surface area contributed by atoms with Crippen molar-refractivity contribution in [3.8, 4) is 0 Å². The third kappa shape index (κ3) is 6.27. The SMILES string of the molecule is CC(OC(=O)c1ccccc1)[C@H]1O[C@@H](N2C=CC(N)NC2=O)[C@](C)(OC(=O)c2ccccc2)[C@@H]1OC(=O)c1ccccc1. The zero-order valence-electron chi connectivity index (χ0n) is 23.5. The van der Waals surface area contributed by atoms with Crippen molar-refractivity contribution in [2.75, 3.05) is 0 Å². The number of urea groups is 1. The van der Waals surface area contributed by atoms with Crippen LogP contribution in [0.2, 0.25) is 0 Å². The smallest absolute Gasteiger partial charge is 0.338 e. The molecule has 222 valence electrons. The van der Waals surface area contributed by atoms with Crippen molar-refractivity contribution in [1.82, 2.24) is 10.2 Å². The molecule has 2 amide bonds. The molecule has 3 aromatic carbocycles. The topological polar surface area (TPSA) is 146 Å². The van der Waals surface area contributed by atoms with E-state index in [9.17, 15) is 19.2 Å². The molecule has 0 saturated carbocycles. The van der Waals surface area contributed by atoms with Gasteiger partial charge in [0.25, 0.3) is 0 Å². The van der Waals surface area contributed by atoms with E-state index in [4.69, 9.17) is 24.7 Å². The van der Waals surface area contributed by atoms with Gasteiger partial charge in [0.15, 0.2) is 17.9 Å². The molecule has 3 N–H and O–H groups in total. The Bertz CT molecular complexity index is 1500. The third-order valence-corrected chi connectivity index (χ3v) is 7.20. The maximum atomic E-state index is 13.4. The summed E-state index contributed by atoms with van der Waals surface area (Å²) in [6, 6.07) is 24.2. The van der Waals surface area contributed by atoms with E-state index in [2.05, 4.69) is 5.32 Å². The number of nitrogens with one attached hydrogen (secondary N) is 1. The second kappa shape index (κ2) is 12.5. The van der Waals surface area contributed by atoms with Gasteiger partial charge in [-0.2, -0.15) is 0 Å². The first kappa shape index (κ1) is 29.5. The summed E-state index contributed by atoms with van der Waals surface area (Å²) in [5.41, 5.74) is 4.82. The van der Waals surface area contributed by atoms with Crippen LogP contribution in [0.4, 0.5) is 4.79 Å². The maximum Gasteiger partial charge on any atom is 0.338 e. The number of amides is 2. The quantitative estimate of drug-likeness (QED) is 0.299. The predicted octanol–water partition coefficient (Wildman–Crippen LogP) is 3.62. The van der Waals surface area contributed by atoms with E-state index >= 15 is 0 Å². The van der Waals surface area contributed by atoms with Crippen LogP contribution >= 0.6 is 0 Å². The molecule has 43 heavy (non-hydrogen) atoms. The van der Waals surface area contributed by atoms with Crippen LogP contribution in [0.25, 0.3) is 0 Å². The first-order valence-corrected chi connectivity index (χ1v) is 13.7. The van der Waals surface area contributed by atoms with Crippen LogP contribution in [0.1, 0.15) is 44.9 Å². The van der Waals surface area contributed by atoms with E-state index in [1.807, 2.05) is 0 Å². The normalized spacial score (nSPS) is 25.4. The number of ether oxygens (including phenoxy) is 4. The van der Waals surface area contributed by atoms with Crippen molar-refractivity contribution < 1.29 is 38.1 Å². The lowest BCUT2D eigenvalue weighted by Gasteiger charge is -2.39. The molecule has 2 aliphatic heterocycles. The lowest BCUT2D eigenvalue weighted by atomic mass is 9.92. The van der Waals surface area contributed by atoms with Crippen LogP contribution in [0.5, 0.6) is 0 Å². The fraction of sp³-hybridized carbons (Fsp3) is 0.250. The Kier molecular flexibility index (Phi) is 8.56. The Morgan fingerprint density at radius 3 is 1.91 bits per heavy atom. The number of esters is 3. The van der Waals surface area contributed by atoms with Gasteiger partial charge < -0.3 is 30.0 Å². The molecule has 0 bridgehead atoms. The minimum absolute atomic E-state index is 0.225. The highest BCUT2D eigenvalue weighted by atomic mass is 16.7. The average Bonchev–Trinajstić information content (AvgIpc) is 3.29. The third-order valence-electron chi connectivity index (χ3n) is 7.20. The summed E-state index contributed by atoms with van der Waals surface area (Å²) >= 11 is 0. The molecule has 0 radical (unpaired) electrons. The van der Waals surface area contributed by atoms with Crippen molar-refractivity contribution in [1.29, 1.82) is 0 Å². The first-order valence-electron chi connectivity index (χ1n) is 13.7. The molecule has 0 spiro atoms. The second-order valence-corrected chi connectivity index (χ2v) is 10.3. The molecular formula is C32H31N3O8. The van der Waals surface area contributed by atoms with E-state index in [1.54, 1.807) is 97.9 Å². The van der Waals surface area contributed by atoms with E-state index in [0.29, 0.717) is 5.56 Å². The van der Waals surface area contributed by atoms with Gasteiger partial charge in [-0.3, -0.25) is 4.90 Å². The van der Waals surface area contributed by atoms with E-state index in [0.717, 1.165) is 4.90 Å². The minimum atomic E-state index is -1.79. The lowest BCUT2D eigenvalue weighted by Crippen LogP contribution is -2.61. The maximum absolute atomic E-state index is 13.4. The number of carbonyl (C=O) groups excluding carboxylic acids is 4. The van der Waals surface area contributed by atoms with Crippen LogP contribution in [0.15, 0.2) is 103 Å². The van der Waals surface area contributed by atoms with Gasteiger partial charge in [0.05, 0.1) is 22.9 Å². The van der Waals surface area contributed by atoms with Crippen LogP contribution in [0, 0.1) is 0 Å². The molecule has 6 atom stereocenters. The highest BCUT2D eigenvalue weighted by Crippen LogP contribution is 2.42. The second-order valence-electron chi connectivity index (χ2n) is 10.3. The van der Waals surface area contributed by atoms with Gasteiger partial charge in [0, 0.05) is 6.20 Å². The molecule has 11 heteroatoms. The lowest BCUT2D eigenvalue weighted by molar-refractivity contribution is -0.119. The van der Waals surface area contributed by atoms with Crippen LogP contribution in [-0.4, -0.2) is 65.1 Å². The Hall–Kier alpha value is -5.00. The number of carbonyl (C=O) groups is 4. The van der Waals surface area contributed by atoms with Crippen LogP contribution < -0.4 is 11.1 Å². The first-order chi connectivity index (χ1) is 20.7. The van der Waals surface area contributed by atoms with Crippen molar-refractivity contribution in [2.24, 2.45) is 5.73 Å². The number of benzene rings is 3. The van der Waals surface area contributed by atoms with Crippen molar-refractivity contribution in [3.63, 3.8) is 0 Å². The minimum Gasteiger partial charge on any atom is -0.456 e. The summed E-state index contributed by atoms with van der Waals surface area (Å²) in [4.78, 5) is 54.1. The average molecular weight is 586 g/mol. The molecule has 5 rings (SSSR count). The van der Waals surface area contributed by atoms with Crippen LogP contribution in [-0.2, 0) is 18.9 Å².